The number of aromatic nitrogens is 3. The lowest BCUT2D eigenvalue weighted by Crippen LogP contribution is -2.13. The number of amides is 1. The van der Waals surface area contributed by atoms with E-state index in [1.54, 1.807) is 13.2 Å². The Morgan fingerprint density at radius 1 is 1.10 bits per heavy atom. The van der Waals surface area contributed by atoms with Crippen molar-refractivity contribution in [2.24, 2.45) is 0 Å². The number of carbonyl (C=O) groups excluding carboxylic acids is 1. The second-order valence-corrected chi connectivity index (χ2v) is 7.13. The first kappa shape index (κ1) is 20.3. The van der Waals surface area contributed by atoms with Gasteiger partial charge in [0.25, 0.3) is 11.6 Å². The summed E-state index contributed by atoms with van der Waals surface area (Å²) in [5, 5.41) is 22.6. The molecule has 0 unspecified atom stereocenters. The van der Waals surface area contributed by atoms with E-state index in [0.717, 1.165) is 23.1 Å². The van der Waals surface area contributed by atoms with Crippen LogP contribution in [0.25, 0.3) is 16.7 Å². The number of carbonyl (C=O) groups is 1. The maximum atomic E-state index is 12.7. The molecule has 4 aromatic rings. The Morgan fingerprint density at radius 3 is 2.39 bits per heavy atom. The average molecular weight is 438 g/mol. The Labute approximate surface area is 181 Å². The van der Waals surface area contributed by atoms with E-state index in [9.17, 15) is 14.9 Å². The summed E-state index contributed by atoms with van der Waals surface area (Å²) in [6, 6.07) is 14.5. The van der Waals surface area contributed by atoms with E-state index < -0.39 is 10.8 Å². The van der Waals surface area contributed by atoms with Crippen molar-refractivity contribution in [1.29, 1.82) is 0 Å². The number of rotatable bonds is 5. The molecule has 1 aromatic heterocycles. The zero-order valence-corrected chi connectivity index (χ0v) is 17.3. The van der Waals surface area contributed by atoms with Crippen molar-refractivity contribution in [2.75, 3.05) is 12.4 Å². The fraction of sp³-hybridized carbons (Fsp3) is 0.0952. The van der Waals surface area contributed by atoms with Gasteiger partial charge < -0.3 is 10.1 Å². The lowest BCUT2D eigenvalue weighted by molar-refractivity contribution is -0.384. The number of nitro groups is 1. The molecule has 0 spiro atoms. The third kappa shape index (κ3) is 4.03. The molecular formula is C21H16ClN5O4. The van der Waals surface area contributed by atoms with Crippen molar-refractivity contribution in [2.45, 2.75) is 6.92 Å². The fourth-order valence-corrected chi connectivity index (χ4v) is 3.29. The molecule has 3 aromatic carbocycles. The van der Waals surface area contributed by atoms with Gasteiger partial charge >= 0.3 is 0 Å². The summed E-state index contributed by atoms with van der Waals surface area (Å²) in [5.74, 6) is 0.246. The molecule has 1 heterocycles. The minimum absolute atomic E-state index is 0.00381. The molecule has 31 heavy (non-hydrogen) atoms. The first-order chi connectivity index (χ1) is 14.9. The number of benzene rings is 3. The number of anilines is 1. The van der Waals surface area contributed by atoms with Crippen LogP contribution < -0.4 is 10.1 Å². The van der Waals surface area contributed by atoms with Crippen molar-refractivity contribution < 1.29 is 14.5 Å². The molecule has 0 aliphatic heterocycles. The molecule has 0 aliphatic carbocycles. The van der Waals surface area contributed by atoms with Crippen LogP contribution in [-0.4, -0.2) is 32.9 Å². The highest BCUT2D eigenvalue weighted by molar-refractivity contribution is 6.34. The van der Waals surface area contributed by atoms with Crippen LogP contribution in [-0.2, 0) is 0 Å². The Morgan fingerprint density at radius 2 is 1.77 bits per heavy atom. The summed E-state index contributed by atoms with van der Waals surface area (Å²) in [4.78, 5) is 24.5. The largest absolute Gasteiger partial charge is 0.497 e. The molecule has 0 saturated heterocycles. The summed E-state index contributed by atoms with van der Waals surface area (Å²) in [7, 11) is 1.60. The minimum Gasteiger partial charge on any atom is -0.497 e. The first-order valence-corrected chi connectivity index (χ1v) is 9.51. The van der Waals surface area contributed by atoms with E-state index in [4.69, 9.17) is 16.3 Å². The van der Waals surface area contributed by atoms with Crippen molar-refractivity contribution in [1.82, 2.24) is 15.0 Å². The third-order valence-electron chi connectivity index (χ3n) is 4.69. The van der Waals surface area contributed by atoms with Crippen LogP contribution in [0.2, 0.25) is 5.02 Å². The molecule has 0 fully saturated rings. The fourth-order valence-electron chi connectivity index (χ4n) is 3.02. The molecule has 10 heteroatoms. The smallest absolute Gasteiger partial charge is 0.270 e. The van der Waals surface area contributed by atoms with Crippen LogP contribution >= 0.6 is 11.6 Å². The Kier molecular flexibility index (Phi) is 5.26. The SMILES string of the molecule is COc1ccc(-n2nc3cc(C)c(NC(=O)c4ccc([N+](=O)[O-])cc4Cl)cc3n2)cc1. The van der Waals surface area contributed by atoms with E-state index in [0.29, 0.717) is 16.7 Å². The van der Waals surface area contributed by atoms with E-state index >= 15 is 0 Å². The number of halogens is 1. The number of nitro benzene ring substituents is 1. The molecule has 0 aliphatic rings. The maximum absolute atomic E-state index is 12.7. The lowest BCUT2D eigenvalue weighted by Gasteiger charge is -2.09. The van der Waals surface area contributed by atoms with Gasteiger partial charge in [-0.3, -0.25) is 14.9 Å². The van der Waals surface area contributed by atoms with Gasteiger partial charge in [0.1, 0.15) is 16.8 Å². The number of aryl methyl sites for hydroxylation is 1. The van der Waals surface area contributed by atoms with Crippen LogP contribution in [0.4, 0.5) is 11.4 Å². The number of hydrogen-bond acceptors (Lipinski definition) is 6. The van der Waals surface area contributed by atoms with E-state index in [1.165, 1.54) is 16.9 Å². The summed E-state index contributed by atoms with van der Waals surface area (Å²) in [6.45, 7) is 1.83. The van der Waals surface area contributed by atoms with Crippen molar-refractivity contribution in [3.8, 4) is 11.4 Å². The summed E-state index contributed by atoms with van der Waals surface area (Å²) < 4.78 is 5.16. The maximum Gasteiger partial charge on any atom is 0.270 e. The van der Waals surface area contributed by atoms with Gasteiger partial charge in [0.2, 0.25) is 0 Å². The highest BCUT2D eigenvalue weighted by atomic mass is 35.5. The van der Waals surface area contributed by atoms with Gasteiger partial charge in [0.05, 0.1) is 28.3 Å². The zero-order valence-electron chi connectivity index (χ0n) is 16.5. The van der Waals surface area contributed by atoms with Crippen molar-refractivity contribution in [3.63, 3.8) is 0 Å². The molecule has 0 radical (unpaired) electrons. The van der Waals surface area contributed by atoms with Crippen LogP contribution in [0.3, 0.4) is 0 Å². The normalized spacial score (nSPS) is 10.8. The highest BCUT2D eigenvalue weighted by Gasteiger charge is 2.17. The van der Waals surface area contributed by atoms with Crippen LogP contribution in [0.15, 0.2) is 54.6 Å². The average Bonchev–Trinajstić information content (AvgIpc) is 3.16. The van der Waals surface area contributed by atoms with Gasteiger partial charge in [-0.05, 0) is 55.0 Å². The predicted molar refractivity (Wildman–Crippen MR) is 116 cm³/mol. The van der Waals surface area contributed by atoms with E-state index in [2.05, 4.69) is 15.5 Å². The monoisotopic (exact) mass is 437 g/mol. The number of non-ortho nitro benzene ring substituents is 1. The van der Waals surface area contributed by atoms with Gasteiger partial charge in [-0.2, -0.15) is 4.80 Å². The van der Waals surface area contributed by atoms with E-state index in [-0.39, 0.29) is 16.3 Å². The predicted octanol–water partition coefficient (Wildman–Crippen LogP) is 4.55. The standard InChI is InChI=1S/C21H16ClN5O4/c1-12-9-19-20(25-26(24-19)13-3-6-15(31-2)7-4-13)11-18(12)23-21(28)16-8-5-14(27(29)30)10-17(16)22/h3-11H,1-2H3,(H,23,28). The van der Waals surface area contributed by atoms with Gasteiger partial charge in [-0.15, -0.1) is 10.2 Å². The third-order valence-corrected chi connectivity index (χ3v) is 5.00. The Bertz CT molecular complexity index is 1320. The first-order valence-electron chi connectivity index (χ1n) is 9.13. The molecular weight excluding hydrogens is 422 g/mol. The van der Waals surface area contributed by atoms with Gasteiger partial charge in [-0.1, -0.05) is 11.6 Å². The zero-order chi connectivity index (χ0) is 22.1. The Balaban J connectivity index is 1.63. The van der Waals surface area contributed by atoms with Gasteiger partial charge in [0.15, 0.2) is 0 Å². The van der Waals surface area contributed by atoms with Crippen LogP contribution in [0.5, 0.6) is 5.75 Å². The summed E-state index contributed by atoms with van der Waals surface area (Å²) in [5.41, 5.74) is 3.28. The quantitative estimate of drug-likeness (QED) is 0.362. The molecule has 0 saturated carbocycles. The van der Waals surface area contributed by atoms with E-state index in [1.807, 2.05) is 37.3 Å². The van der Waals surface area contributed by atoms with Crippen LogP contribution in [0, 0.1) is 17.0 Å². The molecule has 156 valence electrons. The number of nitrogens with one attached hydrogen (secondary N) is 1. The van der Waals surface area contributed by atoms with Crippen molar-refractivity contribution in [3.05, 3.63) is 80.9 Å². The molecule has 9 nitrogen and oxygen atoms in total. The van der Waals surface area contributed by atoms with Crippen LogP contribution in [0.1, 0.15) is 15.9 Å². The number of fused-ring (bicyclic) bond motifs is 1. The summed E-state index contributed by atoms with van der Waals surface area (Å²) in [6.07, 6.45) is 0. The molecule has 0 atom stereocenters. The number of ether oxygens (including phenoxy) is 1. The summed E-state index contributed by atoms with van der Waals surface area (Å²) >= 11 is 6.06. The highest BCUT2D eigenvalue weighted by Crippen LogP contribution is 2.26. The topological polar surface area (TPSA) is 112 Å². The molecule has 1 N–H and O–H groups in total. The lowest BCUT2D eigenvalue weighted by atomic mass is 10.1. The number of hydrogen-bond donors (Lipinski definition) is 1. The molecule has 1 amide bonds. The number of nitrogens with zero attached hydrogens (tertiary/aromatic N) is 4. The van der Waals surface area contributed by atoms with Crippen molar-refractivity contribution >= 4 is 39.9 Å². The number of methoxy groups -OCH3 is 1. The van der Waals surface area contributed by atoms with Gasteiger partial charge in [-0.25, -0.2) is 0 Å². The second kappa shape index (κ2) is 8.04. The molecule has 0 bridgehead atoms. The van der Waals surface area contributed by atoms with Gasteiger partial charge in [0, 0.05) is 17.8 Å². The second-order valence-electron chi connectivity index (χ2n) is 6.72. The minimum atomic E-state index is -0.572. The molecule has 4 rings (SSSR count). The Hall–Kier alpha value is -3.98.